The molecule has 4 atom stereocenters. The molecule has 11 N–H and O–H groups in total. The number of nitrogens with zero attached hydrogens (tertiary/aromatic N) is 3. The lowest BCUT2D eigenvalue weighted by Crippen LogP contribution is -2.51. The molecule has 1 heterocycles. The number of aryl methyl sites for hydroxylation is 2. The number of hydrogen-bond acceptors (Lipinski definition) is 10. The summed E-state index contributed by atoms with van der Waals surface area (Å²) in [5.74, 6) is 0.457. The van der Waals surface area contributed by atoms with Crippen LogP contribution in [0.15, 0.2) is 52.0 Å². The van der Waals surface area contributed by atoms with Crippen LogP contribution < -0.4 is 33.6 Å². The molecule has 0 spiro atoms. The third-order valence-electron chi connectivity index (χ3n) is 7.32. The second-order valence-corrected chi connectivity index (χ2v) is 10.9. The minimum absolute atomic E-state index is 0.0351. The highest BCUT2D eigenvalue weighted by molar-refractivity contribution is 5.84. The number of phenolic OH excluding ortho intramolecular Hbond substituents is 1. The van der Waals surface area contributed by atoms with E-state index in [4.69, 9.17) is 27.5 Å². The number of rotatable bonds is 18. The van der Waals surface area contributed by atoms with Crippen LogP contribution in [-0.4, -0.2) is 58.6 Å². The lowest BCUT2D eigenvalue weighted by atomic mass is 9.90. The zero-order valence-corrected chi connectivity index (χ0v) is 25.4. The molecule has 238 valence electrons. The number of carbonyl (C=O) groups is 2. The van der Waals surface area contributed by atoms with E-state index in [1.54, 1.807) is 12.1 Å². The molecule has 2 aromatic carbocycles. The van der Waals surface area contributed by atoms with Crippen LogP contribution in [0.25, 0.3) is 0 Å². The minimum atomic E-state index is -1.02. The maximum absolute atomic E-state index is 13.1. The molecule has 44 heavy (non-hydrogen) atoms. The van der Waals surface area contributed by atoms with E-state index in [2.05, 4.69) is 25.8 Å². The topological polar surface area (TPSA) is 234 Å². The van der Waals surface area contributed by atoms with Crippen molar-refractivity contribution >= 4 is 18.2 Å². The van der Waals surface area contributed by atoms with E-state index >= 15 is 0 Å². The van der Waals surface area contributed by atoms with Crippen molar-refractivity contribution in [2.75, 3.05) is 13.1 Å². The van der Waals surface area contributed by atoms with Crippen LogP contribution in [0.4, 0.5) is 0 Å². The highest BCUT2D eigenvalue weighted by Crippen LogP contribution is 2.32. The van der Waals surface area contributed by atoms with E-state index in [1.807, 2.05) is 44.2 Å². The number of unbranched alkanes of at least 4 members (excludes halogenated alkanes) is 1. The summed E-state index contributed by atoms with van der Waals surface area (Å²) in [4.78, 5) is 34.4. The largest absolute Gasteiger partial charge is 0.508 e. The molecule has 0 aliphatic heterocycles. The SMILES string of the molecule is Cc1cc(O)cc(C)c1[C@@H](N[C@H](CCCCN)c1nc(Cc2ccccc2)no1)C(C=O)NC(=O)[C@H](N)CCCN=C(N)N. The van der Waals surface area contributed by atoms with Crippen molar-refractivity contribution in [3.63, 3.8) is 0 Å². The number of hydrogen-bond donors (Lipinski definition) is 7. The van der Waals surface area contributed by atoms with Crippen LogP contribution >= 0.6 is 0 Å². The number of nitrogens with one attached hydrogen (secondary N) is 2. The van der Waals surface area contributed by atoms with Crippen LogP contribution in [0.5, 0.6) is 5.75 Å². The van der Waals surface area contributed by atoms with E-state index in [-0.39, 0.29) is 11.7 Å². The smallest absolute Gasteiger partial charge is 0.243 e. The van der Waals surface area contributed by atoms with Crippen LogP contribution in [0, 0.1) is 13.8 Å². The predicted octanol–water partition coefficient (Wildman–Crippen LogP) is 1.55. The summed E-state index contributed by atoms with van der Waals surface area (Å²) < 4.78 is 5.73. The number of aldehydes is 1. The number of aromatic nitrogens is 2. The summed E-state index contributed by atoms with van der Waals surface area (Å²) in [5, 5.41) is 20.8. The highest BCUT2D eigenvalue weighted by atomic mass is 16.5. The Morgan fingerprint density at radius 1 is 1.09 bits per heavy atom. The predicted molar refractivity (Wildman–Crippen MR) is 169 cm³/mol. The summed E-state index contributed by atoms with van der Waals surface area (Å²) >= 11 is 0. The molecule has 0 fully saturated rings. The van der Waals surface area contributed by atoms with Gasteiger partial charge < -0.3 is 42.7 Å². The third-order valence-corrected chi connectivity index (χ3v) is 7.32. The van der Waals surface area contributed by atoms with Crippen LogP contribution in [0.2, 0.25) is 0 Å². The maximum atomic E-state index is 13.1. The molecule has 1 aromatic heterocycles. The fraction of sp³-hybridized carbons (Fsp3) is 0.452. The van der Waals surface area contributed by atoms with E-state index in [1.165, 1.54) is 0 Å². The van der Waals surface area contributed by atoms with Crippen LogP contribution in [-0.2, 0) is 16.0 Å². The maximum Gasteiger partial charge on any atom is 0.243 e. The molecular weight excluding hydrogens is 562 g/mol. The van der Waals surface area contributed by atoms with Gasteiger partial charge in [0.1, 0.15) is 18.1 Å². The van der Waals surface area contributed by atoms with Gasteiger partial charge in [0.2, 0.25) is 11.8 Å². The van der Waals surface area contributed by atoms with Gasteiger partial charge in [0, 0.05) is 13.0 Å². The summed E-state index contributed by atoms with van der Waals surface area (Å²) in [6, 6.07) is 9.95. The fourth-order valence-electron chi connectivity index (χ4n) is 5.17. The van der Waals surface area contributed by atoms with Crippen molar-refractivity contribution in [3.05, 3.63) is 76.4 Å². The zero-order chi connectivity index (χ0) is 32.1. The van der Waals surface area contributed by atoms with Crippen molar-refractivity contribution in [2.45, 2.75) is 76.5 Å². The molecular formula is C31H45N9O4. The first-order valence-electron chi connectivity index (χ1n) is 14.8. The van der Waals surface area contributed by atoms with E-state index in [0.29, 0.717) is 56.8 Å². The van der Waals surface area contributed by atoms with E-state index in [9.17, 15) is 14.7 Å². The Kier molecular flexibility index (Phi) is 13.3. The number of guanidine groups is 1. The molecule has 0 aliphatic carbocycles. The number of carbonyl (C=O) groups excluding carboxylic acids is 2. The molecule has 3 aromatic rings. The van der Waals surface area contributed by atoms with E-state index in [0.717, 1.165) is 35.1 Å². The van der Waals surface area contributed by atoms with E-state index < -0.39 is 30.1 Å². The molecule has 13 nitrogen and oxygen atoms in total. The normalized spacial score (nSPS) is 13.9. The summed E-state index contributed by atoms with van der Waals surface area (Å²) in [7, 11) is 0. The number of nitrogens with two attached hydrogens (primary N) is 4. The Hall–Kier alpha value is -4.33. The first-order valence-corrected chi connectivity index (χ1v) is 14.8. The van der Waals surface area contributed by atoms with Gasteiger partial charge in [0.15, 0.2) is 11.8 Å². The number of aromatic hydroxyl groups is 1. The number of amides is 1. The Balaban J connectivity index is 1.92. The van der Waals surface area contributed by atoms with Crippen LogP contribution in [0.3, 0.4) is 0 Å². The quantitative estimate of drug-likeness (QED) is 0.0474. The average Bonchev–Trinajstić information content (AvgIpc) is 3.44. The highest BCUT2D eigenvalue weighted by Gasteiger charge is 2.32. The summed E-state index contributed by atoms with van der Waals surface area (Å²) in [6.45, 7) is 4.52. The number of aliphatic imine (C=N–C) groups is 1. The molecule has 1 amide bonds. The van der Waals surface area contributed by atoms with Gasteiger partial charge >= 0.3 is 0 Å². The van der Waals surface area contributed by atoms with Gasteiger partial charge in [-0.3, -0.25) is 15.1 Å². The molecule has 0 saturated carbocycles. The second-order valence-electron chi connectivity index (χ2n) is 10.9. The van der Waals surface area contributed by atoms with Gasteiger partial charge in [-0.25, -0.2) is 0 Å². The number of phenols is 1. The fourth-order valence-corrected chi connectivity index (χ4v) is 5.17. The molecule has 13 heteroatoms. The lowest BCUT2D eigenvalue weighted by molar-refractivity contribution is -0.125. The van der Waals surface area contributed by atoms with Gasteiger partial charge in [-0.15, -0.1) is 0 Å². The first-order chi connectivity index (χ1) is 21.1. The molecule has 3 rings (SSSR count). The average molecular weight is 608 g/mol. The lowest BCUT2D eigenvalue weighted by Gasteiger charge is -2.31. The van der Waals surface area contributed by atoms with Crippen molar-refractivity contribution in [1.82, 2.24) is 20.8 Å². The zero-order valence-electron chi connectivity index (χ0n) is 25.4. The molecule has 0 aliphatic rings. The Labute approximate surface area is 257 Å². The standard InChI is InChI=1S/C31H45N9O4/c1-19-15-22(42)16-20(2)27(19)28(25(18-41)38-29(43)23(33)11-8-14-36-31(34)35)37-24(12-6-7-13-32)30-39-26(40-44-30)17-21-9-4-3-5-10-21/h3-5,9-10,15-16,18,23-25,28,37,42H,6-8,11-14,17,32-33H2,1-2H3,(H,38,43)(H4,34,35,36)/t23-,24-,25?,28+/m1/s1. The first kappa shape index (κ1) is 34.2. The van der Waals surface area contributed by atoms with Crippen molar-refractivity contribution in [1.29, 1.82) is 0 Å². The second kappa shape index (κ2) is 17.1. The minimum Gasteiger partial charge on any atom is -0.508 e. The summed E-state index contributed by atoms with van der Waals surface area (Å²) in [6.07, 6.45) is 4.09. The molecule has 0 saturated heterocycles. The van der Waals surface area contributed by atoms with Crippen molar-refractivity contribution < 1.29 is 19.2 Å². The third kappa shape index (κ3) is 10.1. The van der Waals surface area contributed by atoms with Gasteiger partial charge in [-0.1, -0.05) is 41.9 Å². The molecule has 0 radical (unpaired) electrons. The van der Waals surface area contributed by atoms with Gasteiger partial charge in [-0.2, -0.15) is 4.98 Å². The monoisotopic (exact) mass is 607 g/mol. The number of benzene rings is 2. The van der Waals surface area contributed by atoms with Crippen molar-refractivity contribution in [2.24, 2.45) is 27.9 Å². The Morgan fingerprint density at radius 2 is 1.80 bits per heavy atom. The molecule has 0 bridgehead atoms. The Bertz CT molecular complexity index is 1350. The van der Waals surface area contributed by atoms with Gasteiger partial charge in [0.05, 0.1) is 18.1 Å². The summed E-state index contributed by atoms with van der Waals surface area (Å²) in [5.41, 5.74) is 25.9. The van der Waals surface area contributed by atoms with Crippen molar-refractivity contribution in [3.8, 4) is 5.75 Å². The van der Waals surface area contributed by atoms with Gasteiger partial charge in [-0.05, 0) is 80.5 Å². The Morgan fingerprint density at radius 3 is 2.43 bits per heavy atom. The molecule has 1 unspecified atom stereocenters. The van der Waals surface area contributed by atoms with Crippen LogP contribution in [0.1, 0.15) is 78.2 Å². The van der Waals surface area contributed by atoms with Gasteiger partial charge in [0.25, 0.3) is 0 Å².